The lowest BCUT2D eigenvalue weighted by molar-refractivity contribution is -0.162. The highest BCUT2D eigenvalue weighted by molar-refractivity contribution is 5.70. The second kappa shape index (κ2) is 53.6. The molecular formula is C59H96O5. The first kappa shape index (κ1) is 60.3. The number of unbranched alkanes of at least 4 members (excludes halogenated alkanes) is 15. The molecule has 64 heavy (non-hydrogen) atoms. The van der Waals surface area contributed by atoms with Crippen LogP contribution in [-0.2, 0) is 23.8 Å². The van der Waals surface area contributed by atoms with Gasteiger partial charge in [-0.25, -0.2) is 0 Å². The molecule has 1 atom stereocenters. The maximum absolute atomic E-state index is 12.8. The normalized spacial score (nSPS) is 13.2. The molecule has 0 bridgehead atoms. The molecule has 5 nitrogen and oxygen atoms in total. The average molecular weight is 885 g/mol. The highest BCUT2D eigenvalue weighted by Crippen LogP contribution is 2.12. The van der Waals surface area contributed by atoms with E-state index in [1.54, 1.807) is 0 Å². The maximum atomic E-state index is 12.8. The quantitative estimate of drug-likeness (QED) is 0.0346. The predicted octanol–water partition coefficient (Wildman–Crippen LogP) is 17.8. The van der Waals surface area contributed by atoms with Crippen molar-refractivity contribution >= 4 is 11.9 Å². The van der Waals surface area contributed by atoms with E-state index in [0.29, 0.717) is 19.4 Å². The van der Waals surface area contributed by atoms with Crippen LogP contribution in [0.15, 0.2) is 122 Å². The third kappa shape index (κ3) is 50.9. The highest BCUT2D eigenvalue weighted by atomic mass is 16.6. The van der Waals surface area contributed by atoms with Gasteiger partial charge >= 0.3 is 11.9 Å². The Kier molecular flexibility index (Phi) is 50.5. The number of allylic oxidation sites excluding steroid dienone is 20. The van der Waals surface area contributed by atoms with Gasteiger partial charge in [0.25, 0.3) is 0 Å². The molecular weight excluding hydrogens is 789 g/mol. The number of carbonyl (C=O) groups excluding carboxylic acids is 2. The summed E-state index contributed by atoms with van der Waals surface area (Å²) >= 11 is 0. The van der Waals surface area contributed by atoms with Gasteiger partial charge in [-0.1, -0.05) is 200 Å². The van der Waals surface area contributed by atoms with Gasteiger partial charge in [-0.3, -0.25) is 9.59 Å². The van der Waals surface area contributed by atoms with Crippen molar-refractivity contribution in [3.05, 3.63) is 122 Å². The summed E-state index contributed by atoms with van der Waals surface area (Å²) < 4.78 is 17.3. The Morgan fingerprint density at radius 3 is 1.19 bits per heavy atom. The summed E-state index contributed by atoms with van der Waals surface area (Å²) in [6.07, 6.45) is 75.0. The molecule has 0 rings (SSSR count). The number of esters is 2. The van der Waals surface area contributed by atoms with E-state index in [2.05, 4.69) is 142 Å². The van der Waals surface area contributed by atoms with Gasteiger partial charge in [0.05, 0.1) is 6.61 Å². The Labute approximate surface area is 395 Å². The van der Waals surface area contributed by atoms with Gasteiger partial charge in [0.15, 0.2) is 6.10 Å². The highest BCUT2D eigenvalue weighted by Gasteiger charge is 2.17. The SMILES string of the molecule is CC/C=C\C/C=C\C/C=C\C/C=C\C/C=C\CCCC(=O)OCC(COCCCCCCCC/C=C\CCCCCCCC)OC(=O)CCCC/C=C\C/C=C\C/C=C\C/C=C\CC. The van der Waals surface area contributed by atoms with Gasteiger partial charge in [0.2, 0.25) is 0 Å². The van der Waals surface area contributed by atoms with Crippen molar-refractivity contribution in [3.63, 3.8) is 0 Å². The van der Waals surface area contributed by atoms with Crippen LogP contribution in [0.25, 0.3) is 0 Å². The largest absolute Gasteiger partial charge is 0.462 e. The van der Waals surface area contributed by atoms with E-state index in [1.807, 2.05) is 0 Å². The van der Waals surface area contributed by atoms with Gasteiger partial charge in [0.1, 0.15) is 6.61 Å². The van der Waals surface area contributed by atoms with Crippen LogP contribution in [-0.4, -0.2) is 37.9 Å². The summed E-state index contributed by atoms with van der Waals surface area (Å²) in [5, 5.41) is 0. The van der Waals surface area contributed by atoms with Crippen molar-refractivity contribution in [1.29, 1.82) is 0 Å². The molecule has 5 heteroatoms. The zero-order chi connectivity index (χ0) is 46.3. The fourth-order valence-electron chi connectivity index (χ4n) is 6.65. The smallest absolute Gasteiger partial charge is 0.306 e. The Balaban J connectivity index is 4.46. The lowest BCUT2D eigenvalue weighted by Gasteiger charge is -2.18. The third-order valence-corrected chi connectivity index (χ3v) is 10.5. The van der Waals surface area contributed by atoms with Crippen LogP contribution in [0.1, 0.15) is 213 Å². The second-order valence-electron chi connectivity index (χ2n) is 16.7. The van der Waals surface area contributed by atoms with Crippen LogP contribution in [0, 0.1) is 0 Å². The van der Waals surface area contributed by atoms with Crippen molar-refractivity contribution in [2.24, 2.45) is 0 Å². The number of ether oxygens (including phenoxy) is 3. The molecule has 0 heterocycles. The van der Waals surface area contributed by atoms with Crippen LogP contribution >= 0.6 is 0 Å². The fourth-order valence-corrected chi connectivity index (χ4v) is 6.65. The van der Waals surface area contributed by atoms with E-state index in [4.69, 9.17) is 14.2 Å². The van der Waals surface area contributed by atoms with Gasteiger partial charge in [-0.2, -0.15) is 0 Å². The fraction of sp³-hybridized carbons (Fsp3) is 0.627. The van der Waals surface area contributed by atoms with Crippen molar-refractivity contribution in [2.45, 2.75) is 219 Å². The first-order valence-electron chi connectivity index (χ1n) is 26.1. The van der Waals surface area contributed by atoms with Crippen LogP contribution in [0.2, 0.25) is 0 Å². The average Bonchev–Trinajstić information content (AvgIpc) is 3.30. The first-order valence-corrected chi connectivity index (χ1v) is 26.1. The second-order valence-corrected chi connectivity index (χ2v) is 16.7. The molecule has 0 aromatic carbocycles. The molecule has 0 aromatic rings. The van der Waals surface area contributed by atoms with Gasteiger partial charge < -0.3 is 14.2 Å². The third-order valence-electron chi connectivity index (χ3n) is 10.5. The molecule has 0 fully saturated rings. The van der Waals surface area contributed by atoms with E-state index in [0.717, 1.165) is 103 Å². The summed E-state index contributed by atoms with van der Waals surface area (Å²) in [5.74, 6) is -0.523. The van der Waals surface area contributed by atoms with Crippen LogP contribution < -0.4 is 0 Å². The van der Waals surface area contributed by atoms with E-state index in [-0.39, 0.29) is 25.2 Å². The van der Waals surface area contributed by atoms with Crippen molar-refractivity contribution in [2.75, 3.05) is 19.8 Å². The molecule has 0 aliphatic carbocycles. The number of hydrogen-bond acceptors (Lipinski definition) is 5. The van der Waals surface area contributed by atoms with Crippen LogP contribution in [0.4, 0.5) is 0 Å². The zero-order valence-corrected chi connectivity index (χ0v) is 41.5. The van der Waals surface area contributed by atoms with Crippen molar-refractivity contribution in [1.82, 2.24) is 0 Å². The summed E-state index contributed by atoms with van der Waals surface area (Å²) in [4.78, 5) is 25.4. The summed E-state index contributed by atoms with van der Waals surface area (Å²) in [6.45, 7) is 7.46. The van der Waals surface area contributed by atoms with E-state index in [1.165, 1.54) is 77.0 Å². The molecule has 0 amide bonds. The van der Waals surface area contributed by atoms with Crippen LogP contribution in [0.5, 0.6) is 0 Å². The van der Waals surface area contributed by atoms with Crippen molar-refractivity contribution < 1.29 is 23.8 Å². The topological polar surface area (TPSA) is 61.8 Å². The van der Waals surface area contributed by atoms with Crippen molar-refractivity contribution in [3.8, 4) is 0 Å². The standard InChI is InChI=1S/C59H96O5/c1-4-7-10-13-16-19-22-25-28-30-32-34-37-40-43-46-49-52-58(60)63-56-57(55-62-54-51-48-45-42-39-36-33-29-26-23-20-17-14-11-8-5-2)64-59(61)53-50-47-44-41-38-35-31-27-24-21-18-15-12-9-6-3/h7,9-10,12,16,18-19,21,25-29,31-32,34,38,40-41,43,57H,4-6,8,11,13-15,17,20,22-24,30,33,35-37,39,42,44-56H2,1-3H3/b10-7-,12-9-,19-16-,21-18-,28-25-,29-26-,31-27-,34-32-,41-38-,43-40-. The number of carbonyl (C=O) groups is 2. The minimum atomic E-state index is -0.592. The van der Waals surface area contributed by atoms with E-state index < -0.39 is 6.10 Å². The number of hydrogen-bond donors (Lipinski definition) is 0. The molecule has 0 N–H and O–H groups in total. The van der Waals surface area contributed by atoms with Gasteiger partial charge in [-0.15, -0.1) is 0 Å². The molecule has 0 aliphatic rings. The molecule has 0 saturated carbocycles. The minimum Gasteiger partial charge on any atom is -0.462 e. The Bertz CT molecular complexity index is 1320. The summed E-state index contributed by atoms with van der Waals surface area (Å²) in [6, 6.07) is 0. The molecule has 0 radical (unpaired) electrons. The summed E-state index contributed by atoms with van der Waals surface area (Å²) in [5.41, 5.74) is 0. The molecule has 1 unspecified atom stereocenters. The number of rotatable bonds is 46. The first-order chi connectivity index (χ1) is 31.6. The van der Waals surface area contributed by atoms with Crippen LogP contribution in [0.3, 0.4) is 0 Å². The maximum Gasteiger partial charge on any atom is 0.306 e. The Morgan fingerprint density at radius 2 is 0.719 bits per heavy atom. The van der Waals surface area contributed by atoms with Gasteiger partial charge in [-0.05, 0) is 122 Å². The molecule has 0 saturated heterocycles. The monoisotopic (exact) mass is 885 g/mol. The lowest BCUT2D eigenvalue weighted by Crippen LogP contribution is -2.30. The van der Waals surface area contributed by atoms with E-state index >= 15 is 0 Å². The molecule has 0 aromatic heterocycles. The molecule has 362 valence electrons. The van der Waals surface area contributed by atoms with Gasteiger partial charge in [0, 0.05) is 19.4 Å². The molecule has 0 spiro atoms. The van der Waals surface area contributed by atoms with E-state index in [9.17, 15) is 9.59 Å². The minimum absolute atomic E-state index is 0.0294. The predicted molar refractivity (Wildman–Crippen MR) is 279 cm³/mol. The molecule has 0 aliphatic heterocycles. The zero-order valence-electron chi connectivity index (χ0n) is 41.5. The lowest BCUT2D eigenvalue weighted by atomic mass is 10.1. The Hall–Kier alpha value is -3.70. The Morgan fingerprint density at radius 1 is 0.359 bits per heavy atom. The summed E-state index contributed by atoms with van der Waals surface area (Å²) in [7, 11) is 0.